The van der Waals surface area contributed by atoms with Gasteiger partial charge in [0.25, 0.3) is 10.0 Å². The first-order valence-corrected chi connectivity index (χ1v) is 11.6. The number of ether oxygens (including phenoxy) is 1. The van der Waals surface area contributed by atoms with E-state index in [-0.39, 0.29) is 5.69 Å². The minimum Gasteiger partial charge on any atom is -0.494 e. The normalized spacial score (nSPS) is 11.2. The smallest absolute Gasteiger partial charge is 0.267 e. The van der Waals surface area contributed by atoms with Crippen molar-refractivity contribution >= 4 is 27.3 Å². The largest absolute Gasteiger partial charge is 0.494 e. The van der Waals surface area contributed by atoms with E-state index in [4.69, 9.17) is 4.74 Å². The summed E-state index contributed by atoms with van der Waals surface area (Å²) < 4.78 is 60.8. The molecular formula is C24H24F2N2O4S. The molecule has 9 heteroatoms. The highest BCUT2D eigenvalue weighted by Crippen LogP contribution is 2.30. The summed E-state index contributed by atoms with van der Waals surface area (Å²) in [5, 5.41) is 2.64. The van der Waals surface area contributed by atoms with Crippen LogP contribution >= 0.6 is 0 Å². The van der Waals surface area contributed by atoms with E-state index in [1.54, 1.807) is 50.2 Å². The van der Waals surface area contributed by atoms with E-state index in [1.165, 1.54) is 6.07 Å². The van der Waals surface area contributed by atoms with Crippen LogP contribution in [0, 0.1) is 25.5 Å². The highest BCUT2D eigenvalue weighted by molar-refractivity contribution is 7.92. The third-order valence-corrected chi connectivity index (χ3v) is 6.84. The summed E-state index contributed by atoms with van der Waals surface area (Å²) in [6.45, 7) is 5.23. The molecule has 0 heterocycles. The van der Waals surface area contributed by atoms with Crippen LogP contribution in [0.5, 0.6) is 5.75 Å². The molecule has 0 saturated heterocycles. The maximum atomic E-state index is 14.4. The third kappa shape index (κ3) is 5.48. The topological polar surface area (TPSA) is 75.7 Å². The second-order valence-electron chi connectivity index (χ2n) is 7.31. The summed E-state index contributed by atoms with van der Waals surface area (Å²) in [5.74, 6) is -2.15. The zero-order valence-electron chi connectivity index (χ0n) is 18.4. The van der Waals surface area contributed by atoms with Gasteiger partial charge in [-0.15, -0.1) is 0 Å². The zero-order valence-corrected chi connectivity index (χ0v) is 19.2. The predicted octanol–water partition coefficient (Wildman–Crippen LogP) is 4.81. The standard InChI is InChI=1S/C24H24F2N2O4S/c1-4-32-20-11-9-19(10-12-20)27-24(29)15-28(22-7-5-6-16(2)17(22)3)33(30,31)23-13-8-18(25)14-21(23)26/h5-14H,4,15H2,1-3H3,(H,27,29). The van der Waals surface area contributed by atoms with Gasteiger partial charge in [-0.3, -0.25) is 9.10 Å². The molecule has 6 nitrogen and oxygen atoms in total. The zero-order chi connectivity index (χ0) is 24.2. The Hall–Kier alpha value is -3.46. The molecule has 33 heavy (non-hydrogen) atoms. The van der Waals surface area contributed by atoms with Crippen LogP contribution in [0.2, 0.25) is 0 Å². The minimum absolute atomic E-state index is 0.223. The molecule has 0 bridgehead atoms. The van der Waals surface area contributed by atoms with Crippen LogP contribution in [-0.2, 0) is 14.8 Å². The second kappa shape index (κ2) is 9.99. The maximum absolute atomic E-state index is 14.4. The molecule has 1 N–H and O–H groups in total. The Labute approximate surface area is 191 Å². The number of anilines is 2. The number of hydrogen-bond donors (Lipinski definition) is 1. The molecule has 1 amide bonds. The maximum Gasteiger partial charge on any atom is 0.267 e. The molecule has 3 aromatic rings. The lowest BCUT2D eigenvalue weighted by molar-refractivity contribution is -0.114. The van der Waals surface area contributed by atoms with Crippen molar-refractivity contribution in [3.05, 3.63) is 83.4 Å². The molecule has 0 aliphatic rings. The Balaban J connectivity index is 1.97. The van der Waals surface area contributed by atoms with Gasteiger partial charge in [0.15, 0.2) is 0 Å². The summed E-state index contributed by atoms with van der Waals surface area (Å²) in [7, 11) is -4.53. The number of carbonyl (C=O) groups is 1. The molecule has 0 aliphatic heterocycles. The number of amides is 1. The first kappa shape index (κ1) is 24.2. The highest BCUT2D eigenvalue weighted by atomic mass is 32.2. The fourth-order valence-electron chi connectivity index (χ4n) is 3.24. The Morgan fingerprint density at radius 2 is 1.73 bits per heavy atom. The van der Waals surface area contributed by atoms with Gasteiger partial charge in [0.1, 0.15) is 28.8 Å². The lowest BCUT2D eigenvalue weighted by atomic mass is 10.1. The summed E-state index contributed by atoms with van der Waals surface area (Å²) in [6, 6.07) is 13.8. The SMILES string of the molecule is CCOc1ccc(NC(=O)CN(c2cccc(C)c2C)S(=O)(=O)c2ccc(F)cc2F)cc1. The highest BCUT2D eigenvalue weighted by Gasteiger charge is 2.31. The Kier molecular flexibility index (Phi) is 7.33. The van der Waals surface area contributed by atoms with E-state index >= 15 is 0 Å². The van der Waals surface area contributed by atoms with Gasteiger partial charge in [-0.1, -0.05) is 12.1 Å². The Bertz CT molecular complexity index is 1260. The Morgan fingerprint density at radius 3 is 2.36 bits per heavy atom. The molecular weight excluding hydrogens is 450 g/mol. The third-order valence-electron chi connectivity index (χ3n) is 5.04. The lowest BCUT2D eigenvalue weighted by Crippen LogP contribution is -2.39. The Morgan fingerprint density at radius 1 is 1.03 bits per heavy atom. The first-order valence-electron chi connectivity index (χ1n) is 10.2. The molecule has 0 aromatic heterocycles. The van der Waals surface area contributed by atoms with Gasteiger partial charge < -0.3 is 10.1 Å². The molecule has 0 spiro atoms. The van der Waals surface area contributed by atoms with Crippen molar-refractivity contribution in [3.63, 3.8) is 0 Å². The number of sulfonamides is 1. The molecule has 3 aromatic carbocycles. The fraction of sp³-hybridized carbons (Fsp3) is 0.208. The molecule has 0 aliphatic carbocycles. The van der Waals surface area contributed by atoms with Crippen LogP contribution in [0.1, 0.15) is 18.1 Å². The number of benzene rings is 3. The van der Waals surface area contributed by atoms with Gasteiger partial charge >= 0.3 is 0 Å². The quantitative estimate of drug-likeness (QED) is 0.508. The molecule has 3 rings (SSSR count). The van der Waals surface area contributed by atoms with Crippen molar-refractivity contribution in [2.24, 2.45) is 0 Å². The van der Waals surface area contributed by atoms with E-state index in [0.29, 0.717) is 29.7 Å². The predicted molar refractivity (Wildman–Crippen MR) is 123 cm³/mol. The van der Waals surface area contributed by atoms with Crippen LogP contribution in [-0.4, -0.2) is 27.5 Å². The van der Waals surface area contributed by atoms with Crippen LogP contribution in [0.3, 0.4) is 0 Å². The van der Waals surface area contributed by atoms with Crippen LogP contribution < -0.4 is 14.4 Å². The van der Waals surface area contributed by atoms with Gasteiger partial charge in [-0.25, -0.2) is 17.2 Å². The van der Waals surface area contributed by atoms with Crippen molar-refractivity contribution < 1.29 is 26.7 Å². The number of rotatable bonds is 8. The summed E-state index contributed by atoms with van der Waals surface area (Å²) in [6.07, 6.45) is 0. The molecule has 0 atom stereocenters. The average molecular weight is 475 g/mol. The van der Waals surface area contributed by atoms with Gasteiger partial charge in [-0.2, -0.15) is 0 Å². The van der Waals surface area contributed by atoms with Gasteiger partial charge in [0, 0.05) is 11.8 Å². The summed E-state index contributed by atoms with van der Waals surface area (Å²) in [4.78, 5) is 12.1. The van der Waals surface area contributed by atoms with Crippen molar-refractivity contribution in [2.45, 2.75) is 25.7 Å². The van der Waals surface area contributed by atoms with Gasteiger partial charge in [0.05, 0.1) is 12.3 Å². The van der Waals surface area contributed by atoms with E-state index in [2.05, 4.69) is 5.32 Å². The lowest BCUT2D eigenvalue weighted by Gasteiger charge is -2.26. The van der Waals surface area contributed by atoms with Crippen LogP contribution in [0.25, 0.3) is 0 Å². The average Bonchev–Trinajstić information content (AvgIpc) is 2.75. The fourth-order valence-corrected chi connectivity index (χ4v) is 4.77. The van der Waals surface area contributed by atoms with Gasteiger partial charge in [0.2, 0.25) is 5.91 Å². The molecule has 174 valence electrons. The van der Waals surface area contributed by atoms with E-state index < -0.39 is 39.0 Å². The van der Waals surface area contributed by atoms with Crippen molar-refractivity contribution in [3.8, 4) is 5.75 Å². The summed E-state index contributed by atoms with van der Waals surface area (Å²) >= 11 is 0. The number of nitrogens with one attached hydrogen (secondary N) is 1. The molecule has 0 fully saturated rings. The number of aryl methyl sites for hydroxylation is 1. The van der Waals surface area contributed by atoms with Crippen molar-refractivity contribution in [2.75, 3.05) is 22.8 Å². The number of carbonyl (C=O) groups excluding carboxylic acids is 1. The molecule has 0 radical (unpaired) electrons. The van der Waals surface area contributed by atoms with Crippen LogP contribution in [0.4, 0.5) is 20.2 Å². The number of nitrogens with zero attached hydrogens (tertiary/aromatic N) is 1. The van der Waals surface area contributed by atoms with Gasteiger partial charge in [-0.05, 0) is 74.4 Å². The van der Waals surface area contributed by atoms with E-state index in [1.807, 2.05) is 6.92 Å². The van der Waals surface area contributed by atoms with Crippen molar-refractivity contribution in [1.29, 1.82) is 0 Å². The number of hydrogen-bond acceptors (Lipinski definition) is 4. The van der Waals surface area contributed by atoms with Crippen molar-refractivity contribution in [1.82, 2.24) is 0 Å². The second-order valence-corrected chi connectivity index (χ2v) is 9.14. The van der Waals surface area contributed by atoms with Crippen LogP contribution in [0.15, 0.2) is 65.6 Å². The van der Waals surface area contributed by atoms with E-state index in [9.17, 15) is 22.0 Å². The summed E-state index contributed by atoms with van der Waals surface area (Å²) in [5.41, 5.74) is 2.06. The monoisotopic (exact) mass is 474 g/mol. The van der Waals surface area contributed by atoms with E-state index in [0.717, 1.165) is 22.0 Å². The number of halogens is 2. The molecule has 0 unspecified atom stereocenters. The first-order chi connectivity index (χ1) is 15.6. The molecule has 0 saturated carbocycles. The minimum atomic E-state index is -4.53.